The van der Waals surface area contributed by atoms with E-state index in [-0.39, 0.29) is 5.91 Å². The lowest BCUT2D eigenvalue weighted by Crippen LogP contribution is -2.40. The summed E-state index contributed by atoms with van der Waals surface area (Å²) in [6.45, 7) is 5.22. The Kier molecular flexibility index (Phi) is 6.87. The molecule has 24 heavy (non-hydrogen) atoms. The maximum atomic E-state index is 12.1. The molecule has 0 bridgehead atoms. The van der Waals surface area contributed by atoms with Crippen molar-refractivity contribution in [3.8, 4) is 0 Å². The number of nitrogens with one attached hydrogen (secondary N) is 1. The van der Waals surface area contributed by atoms with E-state index in [4.69, 9.17) is 5.73 Å². The molecule has 1 amide bonds. The number of hydrogen-bond acceptors (Lipinski definition) is 4. The van der Waals surface area contributed by atoms with Crippen LogP contribution in [0.15, 0.2) is 30.3 Å². The fourth-order valence-electron chi connectivity index (χ4n) is 2.58. The van der Waals surface area contributed by atoms with Gasteiger partial charge in [-0.25, -0.2) is 0 Å². The Morgan fingerprint density at radius 1 is 1.33 bits per heavy atom. The second-order valence-corrected chi connectivity index (χ2v) is 6.88. The number of hydrogen-bond donors (Lipinski definition) is 2. The van der Waals surface area contributed by atoms with E-state index in [0.717, 1.165) is 29.2 Å². The van der Waals surface area contributed by atoms with Crippen molar-refractivity contribution in [2.24, 2.45) is 5.73 Å². The third-order valence-corrected chi connectivity index (χ3v) is 4.76. The van der Waals surface area contributed by atoms with Crippen LogP contribution in [-0.2, 0) is 17.9 Å². The van der Waals surface area contributed by atoms with Crippen LogP contribution in [0.2, 0.25) is 0 Å². The highest BCUT2D eigenvalue weighted by molar-refractivity contribution is 7.98. The van der Waals surface area contributed by atoms with Crippen molar-refractivity contribution in [1.29, 1.82) is 0 Å². The highest BCUT2D eigenvalue weighted by Crippen LogP contribution is 2.14. The first-order chi connectivity index (χ1) is 11.5. The van der Waals surface area contributed by atoms with E-state index >= 15 is 0 Å². The summed E-state index contributed by atoms with van der Waals surface area (Å²) in [6.07, 6.45) is 2.71. The second-order valence-electron chi connectivity index (χ2n) is 5.90. The van der Waals surface area contributed by atoms with Crippen molar-refractivity contribution in [1.82, 2.24) is 15.1 Å². The van der Waals surface area contributed by atoms with E-state index in [9.17, 15) is 4.79 Å². The lowest BCUT2D eigenvalue weighted by molar-refractivity contribution is -0.122. The molecule has 1 unspecified atom stereocenters. The standard InChI is InChI=1S/C18H26N4OS/c1-13-16(11-20-18(23)17(19)9-10-24-3)14(2)22(21-13)12-15-7-5-4-6-8-15/h4-8,17H,9-12,19H2,1-3H3,(H,20,23). The predicted octanol–water partition coefficient (Wildman–Crippen LogP) is 2.24. The first-order valence-corrected chi connectivity index (χ1v) is 9.51. The second kappa shape index (κ2) is 8.89. The molecule has 6 heteroatoms. The summed E-state index contributed by atoms with van der Waals surface area (Å²) in [4.78, 5) is 12.1. The van der Waals surface area contributed by atoms with Gasteiger partial charge in [-0.1, -0.05) is 30.3 Å². The van der Waals surface area contributed by atoms with Gasteiger partial charge < -0.3 is 11.1 Å². The van der Waals surface area contributed by atoms with Crippen LogP contribution >= 0.6 is 11.8 Å². The van der Waals surface area contributed by atoms with Gasteiger partial charge in [-0.3, -0.25) is 9.48 Å². The van der Waals surface area contributed by atoms with Crippen LogP contribution in [0.1, 0.15) is 28.9 Å². The van der Waals surface area contributed by atoms with Crippen LogP contribution in [0.5, 0.6) is 0 Å². The fourth-order valence-corrected chi connectivity index (χ4v) is 3.07. The number of nitrogens with two attached hydrogens (primary N) is 1. The molecule has 0 saturated heterocycles. The van der Waals surface area contributed by atoms with E-state index in [0.29, 0.717) is 13.0 Å². The normalized spacial score (nSPS) is 12.2. The number of carbonyl (C=O) groups is 1. The number of carbonyl (C=O) groups excluding carboxylic acids is 1. The summed E-state index contributed by atoms with van der Waals surface area (Å²) in [5.41, 5.74) is 10.2. The first-order valence-electron chi connectivity index (χ1n) is 8.12. The van der Waals surface area contributed by atoms with Crippen molar-refractivity contribution in [3.63, 3.8) is 0 Å². The minimum atomic E-state index is -0.447. The zero-order valence-corrected chi connectivity index (χ0v) is 15.4. The summed E-state index contributed by atoms with van der Waals surface area (Å²) >= 11 is 1.70. The fraction of sp³-hybridized carbons (Fsp3) is 0.444. The van der Waals surface area contributed by atoms with Gasteiger partial charge in [-0.15, -0.1) is 0 Å². The van der Waals surface area contributed by atoms with Crippen LogP contribution < -0.4 is 11.1 Å². The van der Waals surface area contributed by atoms with E-state index in [1.165, 1.54) is 5.56 Å². The molecule has 2 rings (SSSR count). The zero-order valence-electron chi connectivity index (χ0n) is 14.6. The minimum Gasteiger partial charge on any atom is -0.351 e. The number of benzene rings is 1. The topological polar surface area (TPSA) is 72.9 Å². The molecule has 2 aromatic rings. The molecule has 5 nitrogen and oxygen atoms in total. The third-order valence-electron chi connectivity index (χ3n) is 4.12. The quantitative estimate of drug-likeness (QED) is 0.769. The number of rotatable bonds is 8. The summed E-state index contributed by atoms with van der Waals surface area (Å²) in [5, 5.41) is 7.55. The van der Waals surface area contributed by atoms with Crippen LogP contribution in [0, 0.1) is 13.8 Å². The third kappa shape index (κ3) is 4.85. The number of nitrogens with zero attached hydrogens (tertiary/aromatic N) is 2. The van der Waals surface area contributed by atoms with Gasteiger partial charge in [0, 0.05) is 17.8 Å². The lowest BCUT2D eigenvalue weighted by Gasteiger charge is -2.12. The number of thioether (sulfide) groups is 1. The Balaban J connectivity index is 2.00. The van der Waals surface area contributed by atoms with Crippen molar-refractivity contribution >= 4 is 17.7 Å². The predicted molar refractivity (Wildman–Crippen MR) is 100 cm³/mol. The van der Waals surface area contributed by atoms with Gasteiger partial charge in [-0.05, 0) is 37.8 Å². The van der Waals surface area contributed by atoms with E-state index < -0.39 is 6.04 Å². The van der Waals surface area contributed by atoms with E-state index in [1.807, 2.05) is 43.0 Å². The van der Waals surface area contributed by atoms with Crippen LogP contribution in [0.3, 0.4) is 0 Å². The maximum Gasteiger partial charge on any atom is 0.237 e. The Morgan fingerprint density at radius 3 is 2.71 bits per heavy atom. The molecule has 0 saturated carbocycles. The van der Waals surface area contributed by atoms with Gasteiger partial charge in [0.1, 0.15) is 0 Å². The molecule has 1 heterocycles. The smallest absolute Gasteiger partial charge is 0.237 e. The van der Waals surface area contributed by atoms with Gasteiger partial charge in [0.05, 0.1) is 18.3 Å². The molecular weight excluding hydrogens is 320 g/mol. The maximum absolute atomic E-state index is 12.1. The highest BCUT2D eigenvalue weighted by atomic mass is 32.2. The monoisotopic (exact) mass is 346 g/mol. The summed E-state index contributed by atoms with van der Waals surface area (Å²) in [5.74, 6) is 0.792. The molecule has 0 spiro atoms. The molecule has 130 valence electrons. The van der Waals surface area contributed by atoms with E-state index in [1.54, 1.807) is 11.8 Å². The molecule has 3 N–H and O–H groups in total. The Hall–Kier alpha value is -1.79. The summed E-state index contributed by atoms with van der Waals surface area (Å²) in [7, 11) is 0. The Labute approximate surface area is 148 Å². The van der Waals surface area contributed by atoms with Crippen molar-refractivity contribution < 1.29 is 4.79 Å². The molecular formula is C18H26N4OS. The van der Waals surface area contributed by atoms with Crippen LogP contribution in [-0.4, -0.2) is 33.7 Å². The first kappa shape index (κ1) is 18.5. The van der Waals surface area contributed by atoms with Gasteiger partial charge in [0.25, 0.3) is 0 Å². The number of aryl methyl sites for hydroxylation is 1. The van der Waals surface area contributed by atoms with Crippen molar-refractivity contribution in [2.45, 2.75) is 39.4 Å². The highest BCUT2D eigenvalue weighted by Gasteiger charge is 2.16. The molecule has 1 aromatic heterocycles. The molecule has 0 aliphatic carbocycles. The molecule has 1 atom stereocenters. The average Bonchev–Trinajstić information content (AvgIpc) is 2.85. The molecule has 0 fully saturated rings. The lowest BCUT2D eigenvalue weighted by atomic mass is 10.1. The minimum absolute atomic E-state index is 0.0985. The van der Waals surface area contributed by atoms with E-state index in [2.05, 4.69) is 22.5 Å². The van der Waals surface area contributed by atoms with Gasteiger partial charge in [-0.2, -0.15) is 16.9 Å². The molecule has 0 aliphatic heterocycles. The van der Waals surface area contributed by atoms with Crippen LogP contribution in [0.25, 0.3) is 0 Å². The largest absolute Gasteiger partial charge is 0.351 e. The number of amides is 1. The van der Waals surface area contributed by atoms with Gasteiger partial charge >= 0.3 is 0 Å². The Bertz CT molecular complexity index is 669. The average molecular weight is 347 g/mol. The summed E-state index contributed by atoms with van der Waals surface area (Å²) < 4.78 is 1.99. The molecule has 0 aliphatic rings. The molecule has 1 aromatic carbocycles. The zero-order chi connectivity index (χ0) is 17.5. The SMILES string of the molecule is CSCCC(N)C(=O)NCc1c(C)nn(Cc2ccccc2)c1C. The van der Waals surface area contributed by atoms with Crippen LogP contribution in [0.4, 0.5) is 0 Å². The Morgan fingerprint density at radius 2 is 2.04 bits per heavy atom. The number of aromatic nitrogens is 2. The molecule has 0 radical (unpaired) electrons. The van der Waals surface area contributed by atoms with Crippen molar-refractivity contribution in [3.05, 3.63) is 52.8 Å². The van der Waals surface area contributed by atoms with Gasteiger partial charge in [0.15, 0.2) is 0 Å². The van der Waals surface area contributed by atoms with Gasteiger partial charge in [0.2, 0.25) is 5.91 Å². The van der Waals surface area contributed by atoms with Crippen molar-refractivity contribution in [2.75, 3.05) is 12.0 Å². The summed E-state index contributed by atoms with van der Waals surface area (Å²) in [6, 6.07) is 9.78.